The van der Waals surface area contributed by atoms with E-state index in [4.69, 9.17) is 4.74 Å². The molecule has 2 N–H and O–H groups in total. The number of anilines is 1. The van der Waals surface area contributed by atoms with Crippen LogP contribution < -0.4 is 15.4 Å². The van der Waals surface area contributed by atoms with Crippen LogP contribution >= 0.6 is 11.3 Å². The first-order valence-electron chi connectivity index (χ1n) is 8.39. The van der Waals surface area contributed by atoms with E-state index in [1.807, 2.05) is 47.8 Å². The van der Waals surface area contributed by atoms with E-state index in [0.29, 0.717) is 19.0 Å². The van der Waals surface area contributed by atoms with Gasteiger partial charge in [-0.3, -0.25) is 0 Å². The molecule has 2 heterocycles. The summed E-state index contributed by atoms with van der Waals surface area (Å²) < 4.78 is 5.51. The van der Waals surface area contributed by atoms with Crippen molar-refractivity contribution in [2.75, 3.05) is 18.5 Å². The number of carbonyl (C=O) groups is 1. The lowest BCUT2D eigenvalue weighted by Gasteiger charge is -2.11. The van der Waals surface area contributed by atoms with Gasteiger partial charge in [0.2, 0.25) is 5.88 Å². The highest BCUT2D eigenvalue weighted by atomic mass is 32.1. The van der Waals surface area contributed by atoms with Gasteiger partial charge in [-0.1, -0.05) is 31.2 Å². The zero-order valence-corrected chi connectivity index (χ0v) is 15.3. The third kappa shape index (κ3) is 4.80. The lowest BCUT2D eigenvalue weighted by atomic mass is 10.1. The number of nitrogens with one attached hydrogen (secondary N) is 2. The highest BCUT2D eigenvalue weighted by Gasteiger charge is 2.05. The number of thiophene rings is 1. The van der Waals surface area contributed by atoms with Crippen LogP contribution in [0.15, 0.2) is 53.9 Å². The van der Waals surface area contributed by atoms with Gasteiger partial charge >= 0.3 is 6.03 Å². The minimum absolute atomic E-state index is 0.256. The van der Waals surface area contributed by atoms with Crippen LogP contribution in [-0.2, 0) is 6.42 Å². The lowest BCUT2D eigenvalue weighted by molar-refractivity contribution is 0.246. The molecule has 0 bridgehead atoms. The molecule has 6 nitrogen and oxygen atoms in total. The van der Waals surface area contributed by atoms with Crippen LogP contribution in [0, 0.1) is 0 Å². The number of ether oxygens (including phenoxy) is 1. The van der Waals surface area contributed by atoms with E-state index >= 15 is 0 Å². The minimum atomic E-state index is -0.256. The summed E-state index contributed by atoms with van der Waals surface area (Å²) in [7, 11) is 0. The molecule has 3 aromatic rings. The number of amides is 2. The monoisotopic (exact) mass is 368 g/mol. The largest absolute Gasteiger partial charge is 0.475 e. The van der Waals surface area contributed by atoms with E-state index < -0.39 is 0 Å². The number of carbonyl (C=O) groups excluding carboxylic acids is 1. The van der Waals surface area contributed by atoms with Crippen molar-refractivity contribution >= 4 is 23.1 Å². The van der Waals surface area contributed by atoms with Crippen molar-refractivity contribution in [2.24, 2.45) is 0 Å². The van der Waals surface area contributed by atoms with Crippen LogP contribution in [0.2, 0.25) is 0 Å². The van der Waals surface area contributed by atoms with Gasteiger partial charge in [0.15, 0.2) is 0 Å². The zero-order chi connectivity index (χ0) is 18.2. The number of benzene rings is 1. The average molecular weight is 368 g/mol. The van der Waals surface area contributed by atoms with Crippen LogP contribution in [0.1, 0.15) is 12.5 Å². The van der Waals surface area contributed by atoms with Gasteiger partial charge in [0.1, 0.15) is 12.3 Å². The zero-order valence-electron chi connectivity index (χ0n) is 14.4. The van der Waals surface area contributed by atoms with Gasteiger partial charge in [-0.05, 0) is 35.6 Å². The maximum absolute atomic E-state index is 12.0. The Morgan fingerprint density at radius 3 is 2.73 bits per heavy atom. The topological polar surface area (TPSA) is 76.1 Å². The summed E-state index contributed by atoms with van der Waals surface area (Å²) in [6.45, 7) is 2.74. The first-order valence-corrected chi connectivity index (χ1v) is 9.27. The number of aryl methyl sites for hydroxylation is 1. The van der Waals surface area contributed by atoms with Gasteiger partial charge in [-0.2, -0.15) is 0 Å². The fourth-order valence-corrected chi connectivity index (χ4v) is 3.08. The second-order valence-electron chi connectivity index (χ2n) is 5.47. The smallest absolute Gasteiger partial charge is 0.319 e. The Bertz CT molecular complexity index is 835. The van der Waals surface area contributed by atoms with Gasteiger partial charge < -0.3 is 15.4 Å². The highest BCUT2D eigenvalue weighted by molar-refractivity contribution is 7.13. The van der Waals surface area contributed by atoms with E-state index in [9.17, 15) is 4.79 Å². The maximum atomic E-state index is 12.0. The van der Waals surface area contributed by atoms with Crippen molar-refractivity contribution in [2.45, 2.75) is 13.3 Å². The quantitative estimate of drug-likeness (QED) is 0.619. The number of para-hydroxylation sites is 1. The molecule has 7 heteroatoms. The number of hydrogen-bond donors (Lipinski definition) is 2. The molecule has 0 saturated carbocycles. The fourth-order valence-electron chi connectivity index (χ4n) is 2.39. The first kappa shape index (κ1) is 17.9. The molecule has 0 aliphatic heterocycles. The maximum Gasteiger partial charge on any atom is 0.319 e. The predicted octanol–water partition coefficient (Wildman–Crippen LogP) is 3.97. The molecule has 0 atom stereocenters. The number of urea groups is 1. The molecule has 2 amide bonds. The number of rotatable bonds is 7. The van der Waals surface area contributed by atoms with Crippen LogP contribution in [0.25, 0.3) is 10.6 Å². The molecule has 3 rings (SSSR count). The Kier molecular flexibility index (Phi) is 6.16. The van der Waals surface area contributed by atoms with Gasteiger partial charge in [0, 0.05) is 11.8 Å². The molecule has 26 heavy (non-hydrogen) atoms. The Morgan fingerprint density at radius 2 is 2.00 bits per heavy atom. The van der Waals surface area contributed by atoms with Gasteiger partial charge in [0.25, 0.3) is 0 Å². The van der Waals surface area contributed by atoms with Crippen molar-refractivity contribution in [3.8, 4) is 16.5 Å². The fraction of sp³-hybridized carbons (Fsp3) is 0.211. The second-order valence-corrected chi connectivity index (χ2v) is 6.42. The molecule has 0 saturated heterocycles. The Balaban J connectivity index is 1.42. The third-order valence-corrected chi connectivity index (χ3v) is 4.59. The molecule has 0 spiro atoms. The molecular weight excluding hydrogens is 348 g/mol. The van der Waals surface area contributed by atoms with Crippen LogP contribution in [0.4, 0.5) is 10.5 Å². The van der Waals surface area contributed by atoms with Crippen molar-refractivity contribution in [1.29, 1.82) is 0 Å². The minimum Gasteiger partial charge on any atom is -0.475 e. The second kappa shape index (κ2) is 8.96. The Hall–Kier alpha value is -2.93. The molecule has 0 unspecified atom stereocenters. The predicted molar refractivity (Wildman–Crippen MR) is 104 cm³/mol. The van der Waals surface area contributed by atoms with Gasteiger partial charge in [-0.25, -0.2) is 4.79 Å². The van der Waals surface area contributed by atoms with Crippen molar-refractivity contribution < 1.29 is 9.53 Å². The summed E-state index contributed by atoms with van der Waals surface area (Å²) >= 11 is 1.61. The highest BCUT2D eigenvalue weighted by Crippen LogP contribution is 2.22. The van der Waals surface area contributed by atoms with Crippen LogP contribution in [0.5, 0.6) is 5.88 Å². The normalized spacial score (nSPS) is 10.3. The standard InChI is InChI=1S/C19H20N4O2S/c1-2-14-6-3-4-7-15(14)21-19(24)20-11-12-25-18-10-9-16(22-23-18)17-8-5-13-26-17/h3-10,13H,2,11-12H2,1H3,(H2,20,21,24). The SMILES string of the molecule is CCc1ccccc1NC(=O)NCCOc1ccc(-c2cccs2)nn1. The summed E-state index contributed by atoms with van der Waals surface area (Å²) in [5.41, 5.74) is 2.74. The molecule has 0 aliphatic carbocycles. The van der Waals surface area contributed by atoms with Gasteiger partial charge in [-0.15, -0.1) is 21.5 Å². The lowest BCUT2D eigenvalue weighted by Crippen LogP contribution is -2.32. The van der Waals surface area contributed by atoms with E-state index in [0.717, 1.165) is 28.2 Å². The molecule has 0 fully saturated rings. The number of aromatic nitrogens is 2. The van der Waals surface area contributed by atoms with Crippen molar-refractivity contribution in [3.63, 3.8) is 0 Å². The molecule has 0 aliphatic rings. The molecule has 2 aromatic heterocycles. The molecule has 0 radical (unpaired) electrons. The van der Waals surface area contributed by atoms with Crippen LogP contribution in [-0.4, -0.2) is 29.4 Å². The number of nitrogens with zero attached hydrogens (tertiary/aromatic N) is 2. The van der Waals surface area contributed by atoms with E-state index in [1.54, 1.807) is 17.4 Å². The third-order valence-electron chi connectivity index (χ3n) is 3.70. The summed E-state index contributed by atoms with van der Waals surface area (Å²) in [5, 5.41) is 15.8. The van der Waals surface area contributed by atoms with E-state index in [1.165, 1.54) is 0 Å². The molecular formula is C19H20N4O2S. The summed E-state index contributed by atoms with van der Waals surface area (Å²) in [5.74, 6) is 0.434. The molecule has 1 aromatic carbocycles. The van der Waals surface area contributed by atoms with Crippen molar-refractivity contribution in [1.82, 2.24) is 15.5 Å². The van der Waals surface area contributed by atoms with E-state index in [2.05, 4.69) is 27.8 Å². The average Bonchev–Trinajstić information content (AvgIpc) is 3.21. The number of hydrogen-bond acceptors (Lipinski definition) is 5. The summed E-state index contributed by atoms with van der Waals surface area (Å²) in [6, 6.07) is 15.1. The van der Waals surface area contributed by atoms with E-state index in [-0.39, 0.29) is 6.03 Å². The Labute approximate surface area is 156 Å². The molecule has 134 valence electrons. The first-order chi connectivity index (χ1) is 12.8. The Morgan fingerprint density at radius 1 is 1.12 bits per heavy atom. The van der Waals surface area contributed by atoms with Crippen molar-refractivity contribution in [3.05, 3.63) is 59.5 Å². The summed E-state index contributed by atoms with van der Waals surface area (Å²) in [6.07, 6.45) is 0.861. The van der Waals surface area contributed by atoms with Crippen LogP contribution in [0.3, 0.4) is 0 Å². The summed E-state index contributed by atoms with van der Waals surface area (Å²) in [4.78, 5) is 13.0. The van der Waals surface area contributed by atoms with Gasteiger partial charge in [0.05, 0.1) is 11.4 Å².